The molecule has 1 aliphatic carbocycles. The molecule has 2 heteroatoms. The van der Waals surface area contributed by atoms with Crippen LogP contribution in [0.25, 0.3) is 0 Å². The van der Waals surface area contributed by atoms with Crippen molar-refractivity contribution < 1.29 is 5.11 Å². The summed E-state index contributed by atoms with van der Waals surface area (Å²) in [5.74, 6) is 0.648. The smallest absolute Gasteiger partial charge is 0.0464 e. The van der Waals surface area contributed by atoms with Gasteiger partial charge in [-0.1, -0.05) is 0 Å². The van der Waals surface area contributed by atoms with E-state index in [0.717, 1.165) is 13.1 Å². The molecule has 2 fully saturated rings. The second-order valence-electron chi connectivity index (χ2n) is 3.70. The molecule has 58 valence electrons. The van der Waals surface area contributed by atoms with E-state index in [-0.39, 0.29) is 0 Å². The second-order valence-corrected chi connectivity index (χ2v) is 3.70. The molecule has 1 spiro atoms. The van der Waals surface area contributed by atoms with Crippen molar-refractivity contribution in [3.63, 3.8) is 0 Å². The van der Waals surface area contributed by atoms with Crippen molar-refractivity contribution >= 4 is 0 Å². The van der Waals surface area contributed by atoms with Crippen molar-refractivity contribution in [1.82, 2.24) is 5.32 Å². The van der Waals surface area contributed by atoms with Gasteiger partial charge < -0.3 is 10.4 Å². The molecule has 2 aliphatic rings. The zero-order valence-electron chi connectivity index (χ0n) is 6.27. The maximum absolute atomic E-state index is 8.90. The lowest BCUT2D eigenvalue weighted by atomic mass is 9.92. The maximum atomic E-state index is 8.90. The third kappa shape index (κ3) is 0.867. The van der Waals surface area contributed by atoms with Crippen LogP contribution in [0.15, 0.2) is 0 Å². The summed E-state index contributed by atoms with van der Waals surface area (Å²) < 4.78 is 0. The molecule has 0 aromatic rings. The highest BCUT2D eigenvalue weighted by molar-refractivity contribution is 5.03. The fourth-order valence-electron chi connectivity index (χ4n) is 2.23. The Labute approximate surface area is 61.6 Å². The summed E-state index contributed by atoms with van der Waals surface area (Å²) in [7, 11) is 0. The molecule has 1 heterocycles. The van der Waals surface area contributed by atoms with E-state index in [1.54, 1.807) is 0 Å². The standard InChI is InChI=1S/C8H15NO/c10-6-7-5-8(7)1-3-9-4-2-8/h7,9-10H,1-6H2/t7-/m0/s1. The molecule has 0 radical (unpaired) electrons. The Morgan fingerprint density at radius 1 is 1.40 bits per heavy atom. The van der Waals surface area contributed by atoms with Crippen molar-refractivity contribution in [2.75, 3.05) is 19.7 Å². The molecule has 2 rings (SSSR count). The lowest BCUT2D eigenvalue weighted by Gasteiger charge is -2.22. The van der Waals surface area contributed by atoms with Gasteiger partial charge in [-0.3, -0.25) is 0 Å². The summed E-state index contributed by atoms with van der Waals surface area (Å²) in [6.45, 7) is 2.74. The Bertz CT molecular complexity index is 129. The van der Waals surface area contributed by atoms with Gasteiger partial charge in [-0.25, -0.2) is 0 Å². The van der Waals surface area contributed by atoms with E-state index in [1.165, 1.54) is 19.3 Å². The summed E-state index contributed by atoms with van der Waals surface area (Å²) in [6, 6.07) is 0. The molecule has 1 aliphatic heterocycles. The number of rotatable bonds is 1. The number of nitrogens with one attached hydrogen (secondary N) is 1. The highest BCUT2D eigenvalue weighted by Crippen LogP contribution is 2.57. The molecule has 1 saturated heterocycles. The molecule has 10 heavy (non-hydrogen) atoms. The molecule has 2 N–H and O–H groups in total. The molecule has 0 unspecified atom stereocenters. The van der Waals surface area contributed by atoms with Gasteiger partial charge in [-0.15, -0.1) is 0 Å². The van der Waals surface area contributed by atoms with Crippen LogP contribution in [-0.2, 0) is 0 Å². The Hall–Kier alpha value is -0.0800. The molecule has 1 saturated carbocycles. The minimum Gasteiger partial charge on any atom is -0.396 e. The van der Waals surface area contributed by atoms with E-state index >= 15 is 0 Å². The lowest BCUT2D eigenvalue weighted by Crippen LogP contribution is -2.30. The summed E-state index contributed by atoms with van der Waals surface area (Å²) in [5, 5.41) is 12.2. The lowest BCUT2D eigenvalue weighted by molar-refractivity contribution is 0.227. The molecule has 0 aromatic heterocycles. The SMILES string of the molecule is OC[C@@H]1CC12CCNCC2. The monoisotopic (exact) mass is 141 g/mol. The van der Waals surface area contributed by atoms with Crippen molar-refractivity contribution in [1.29, 1.82) is 0 Å². The summed E-state index contributed by atoms with van der Waals surface area (Å²) in [6.07, 6.45) is 3.86. The summed E-state index contributed by atoms with van der Waals surface area (Å²) >= 11 is 0. The zero-order valence-corrected chi connectivity index (χ0v) is 6.27. The first-order valence-corrected chi connectivity index (χ1v) is 4.19. The van der Waals surface area contributed by atoms with Crippen LogP contribution in [0.3, 0.4) is 0 Å². The molecular weight excluding hydrogens is 126 g/mol. The molecule has 2 nitrogen and oxygen atoms in total. The van der Waals surface area contributed by atoms with E-state index in [1.807, 2.05) is 0 Å². The van der Waals surface area contributed by atoms with Crippen LogP contribution >= 0.6 is 0 Å². The first-order valence-electron chi connectivity index (χ1n) is 4.19. The van der Waals surface area contributed by atoms with Gasteiger partial charge in [0, 0.05) is 6.61 Å². The first kappa shape index (κ1) is 6.62. The highest BCUT2D eigenvalue weighted by atomic mass is 16.3. The van der Waals surface area contributed by atoms with Gasteiger partial charge in [0.05, 0.1) is 0 Å². The molecule has 0 amide bonds. The van der Waals surface area contributed by atoms with Crippen LogP contribution in [0, 0.1) is 11.3 Å². The van der Waals surface area contributed by atoms with Crippen LogP contribution in [0.1, 0.15) is 19.3 Å². The van der Waals surface area contributed by atoms with E-state index in [4.69, 9.17) is 5.11 Å². The third-order valence-corrected chi connectivity index (χ3v) is 3.18. The first-order chi connectivity index (χ1) is 4.87. The minimum absolute atomic E-state index is 0.417. The van der Waals surface area contributed by atoms with Crippen molar-refractivity contribution in [3.05, 3.63) is 0 Å². The summed E-state index contributed by atoms with van der Waals surface area (Å²) in [5.41, 5.74) is 0.583. The van der Waals surface area contributed by atoms with Crippen LogP contribution in [-0.4, -0.2) is 24.8 Å². The Morgan fingerprint density at radius 2 is 2.10 bits per heavy atom. The van der Waals surface area contributed by atoms with Crippen molar-refractivity contribution in [3.8, 4) is 0 Å². The number of piperidine rings is 1. The van der Waals surface area contributed by atoms with Gasteiger partial charge in [-0.2, -0.15) is 0 Å². The van der Waals surface area contributed by atoms with Crippen molar-refractivity contribution in [2.24, 2.45) is 11.3 Å². The fourth-order valence-corrected chi connectivity index (χ4v) is 2.23. The van der Waals surface area contributed by atoms with Crippen LogP contribution in [0.2, 0.25) is 0 Å². The van der Waals surface area contributed by atoms with Crippen LogP contribution in [0.5, 0.6) is 0 Å². The van der Waals surface area contributed by atoms with Gasteiger partial charge in [0.2, 0.25) is 0 Å². The third-order valence-electron chi connectivity index (χ3n) is 3.18. The predicted molar refractivity (Wildman–Crippen MR) is 39.7 cm³/mol. The van der Waals surface area contributed by atoms with E-state index in [9.17, 15) is 0 Å². The fraction of sp³-hybridized carbons (Fsp3) is 1.00. The second kappa shape index (κ2) is 2.21. The molecular formula is C8H15NO. The molecule has 0 bridgehead atoms. The largest absolute Gasteiger partial charge is 0.396 e. The minimum atomic E-state index is 0.417. The zero-order chi connectivity index (χ0) is 7.03. The van der Waals surface area contributed by atoms with Gasteiger partial charge in [0.1, 0.15) is 0 Å². The van der Waals surface area contributed by atoms with Gasteiger partial charge in [0.15, 0.2) is 0 Å². The Morgan fingerprint density at radius 3 is 2.60 bits per heavy atom. The predicted octanol–water partition coefficient (Wildman–Crippen LogP) is 0.368. The van der Waals surface area contributed by atoms with Crippen LogP contribution in [0.4, 0.5) is 0 Å². The maximum Gasteiger partial charge on any atom is 0.0464 e. The Balaban J connectivity index is 1.92. The normalized spacial score (nSPS) is 36.3. The highest BCUT2D eigenvalue weighted by Gasteiger charge is 2.52. The van der Waals surface area contributed by atoms with Crippen LogP contribution < -0.4 is 5.32 Å². The average molecular weight is 141 g/mol. The number of hydrogen-bond donors (Lipinski definition) is 2. The number of aliphatic hydroxyl groups is 1. The molecule has 0 aromatic carbocycles. The average Bonchev–Trinajstić information content (AvgIpc) is 2.65. The summed E-state index contributed by atoms with van der Waals surface area (Å²) in [4.78, 5) is 0. The van der Waals surface area contributed by atoms with Gasteiger partial charge >= 0.3 is 0 Å². The molecule has 1 atom stereocenters. The van der Waals surface area contributed by atoms with E-state index in [0.29, 0.717) is 17.9 Å². The van der Waals surface area contributed by atoms with E-state index in [2.05, 4.69) is 5.32 Å². The number of hydrogen-bond acceptors (Lipinski definition) is 2. The van der Waals surface area contributed by atoms with Crippen molar-refractivity contribution in [2.45, 2.75) is 19.3 Å². The van der Waals surface area contributed by atoms with Gasteiger partial charge in [0.25, 0.3) is 0 Å². The van der Waals surface area contributed by atoms with Gasteiger partial charge in [-0.05, 0) is 43.7 Å². The topological polar surface area (TPSA) is 32.3 Å². The van der Waals surface area contributed by atoms with E-state index < -0.39 is 0 Å². The number of aliphatic hydroxyl groups excluding tert-OH is 1. The Kier molecular flexibility index (Phi) is 1.46. The quantitative estimate of drug-likeness (QED) is 0.553.